The molecule has 0 radical (unpaired) electrons. The van der Waals surface area contributed by atoms with Crippen LogP contribution in [0.4, 0.5) is 9.80 Å². The molecule has 1 aliphatic heterocycles. The van der Waals surface area contributed by atoms with Crippen molar-refractivity contribution in [1.82, 2.24) is 14.2 Å². The standard InChI is InChI=1S/C14H22N4OS/c1-5-7-8-17-9-16(4)14(19)18(10-17)13-11(3)12(6-2)15-20-13/h5,7H,6,8-10H2,1-4H3/b7-5+. The van der Waals surface area contributed by atoms with Gasteiger partial charge in [-0.3, -0.25) is 9.80 Å². The van der Waals surface area contributed by atoms with E-state index in [-0.39, 0.29) is 6.03 Å². The van der Waals surface area contributed by atoms with Crippen molar-refractivity contribution < 1.29 is 4.79 Å². The molecule has 1 aromatic heterocycles. The molecule has 2 heterocycles. The second-order valence-corrected chi connectivity index (χ2v) is 5.78. The number of allylic oxidation sites excluding steroid dienone is 1. The summed E-state index contributed by atoms with van der Waals surface area (Å²) in [6.45, 7) is 8.29. The molecular formula is C14H22N4OS. The van der Waals surface area contributed by atoms with Gasteiger partial charge in [-0.1, -0.05) is 19.1 Å². The van der Waals surface area contributed by atoms with Crippen LogP contribution in [0.1, 0.15) is 25.1 Å². The largest absolute Gasteiger partial charge is 0.327 e. The first-order valence-electron chi connectivity index (χ1n) is 6.89. The third-order valence-electron chi connectivity index (χ3n) is 3.49. The lowest BCUT2D eigenvalue weighted by Gasteiger charge is -2.39. The van der Waals surface area contributed by atoms with Crippen molar-refractivity contribution in [2.24, 2.45) is 0 Å². The SMILES string of the molecule is C/C=C/CN1CN(C)C(=O)N(c2snc(CC)c2C)C1. The van der Waals surface area contributed by atoms with Crippen LogP contribution in [0.5, 0.6) is 0 Å². The third-order valence-corrected chi connectivity index (χ3v) is 4.50. The summed E-state index contributed by atoms with van der Waals surface area (Å²) in [4.78, 5) is 18.2. The van der Waals surface area contributed by atoms with Gasteiger partial charge in [-0.05, 0) is 31.8 Å². The van der Waals surface area contributed by atoms with Gasteiger partial charge in [0.1, 0.15) is 5.00 Å². The summed E-state index contributed by atoms with van der Waals surface area (Å²) in [5, 5.41) is 0.976. The Balaban J connectivity index is 2.23. The molecule has 0 aliphatic carbocycles. The Hall–Kier alpha value is -1.40. The quantitative estimate of drug-likeness (QED) is 0.802. The number of hydrogen-bond acceptors (Lipinski definition) is 4. The predicted octanol–water partition coefficient (Wildman–Crippen LogP) is 2.68. The molecule has 0 N–H and O–H groups in total. The lowest BCUT2D eigenvalue weighted by molar-refractivity contribution is 0.139. The first kappa shape index (κ1) is 15.0. The molecule has 1 aliphatic rings. The molecule has 20 heavy (non-hydrogen) atoms. The Labute approximate surface area is 124 Å². The normalized spacial score (nSPS) is 17.5. The Morgan fingerprint density at radius 3 is 2.75 bits per heavy atom. The highest BCUT2D eigenvalue weighted by Gasteiger charge is 2.30. The number of carbonyl (C=O) groups excluding carboxylic acids is 1. The Morgan fingerprint density at radius 1 is 1.40 bits per heavy atom. The van der Waals surface area contributed by atoms with Crippen LogP contribution in [0.15, 0.2) is 12.2 Å². The second-order valence-electron chi connectivity index (χ2n) is 5.03. The number of rotatable bonds is 4. The summed E-state index contributed by atoms with van der Waals surface area (Å²) in [6.07, 6.45) is 5.05. The van der Waals surface area contributed by atoms with Crippen LogP contribution in [0.3, 0.4) is 0 Å². The van der Waals surface area contributed by atoms with Crippen LogP contribution >= 0.6 is 11.5 Å². The fraction of sp³-hybridized carbons (Fsp3) is 0.571. The zero-order chi connectivity index (χ0) is 14.7. The molecule has 0 bridgehead atoms. The first-order chi connectivity index (χ1) is 9.58. The zero-order valence-electron chi connectivity index (χ0n) is 12.6. The summed E-state index contributed by atoms with van der Waals surface area (Å²) < 4.78 is 4.45. The maximum absolute atomic E-state index is 12.4. The smallest absolute Gasteiger partial charge is 0.314 e. The van der Waals surface area contributed by atoms with E-state index >= 15 is 0 Å². The molecule has 2 amide bonds. The molecule has 110 valence electrons. The fourth-order valence-electron chi connectivity index (χ4n) is 2.33. The Kier molecular flexibility index (Phi) is 4.77. The number of amides is 2. The van der Waals surface area contributed by atoms with Crippen molar-refractivity contribution in [3.63, 3.8) is 0 Å². The minimum Gasteiger partial charge on any atom is -0.314 e. The van der Waals surface area contributed by atoms with Crippen molar-refractivity contribution in [2.75, 3.05) is 31.8 Å². The third kappa shape index (κ3) is 2.86. The zero-order valence-corrected chi connectivity index (χ0v) is 13.4. The molecule has 0 aromatic carbocycles. The van der Waals surface area contributed by atoms with Gasteiger partial charge < -0.3 is 4.90 Å². The van der Waals surface area contributed by atoms with Gasteiger partial charge in [0, 0.05) is 19.2 Å². The topological polar surface area (TPSA) is 39.7 Å². The molecule has 5 nitrogen and oxygen atoms in total. The van der Waals surface area contributed by atoms with Gasteiger partial charge in [-0.25, -0.2) is 4.79 Å². The summed E-state index contributed by atoms with van der Waals surface area (Å²) in [6, 6.07) is 0.0520. The van der Waals surface area contributed by atoms with Crippen molar-refractivity contribution in [3.8, 4) is 0 Å². The first-order valence-corrected chi connectivity index (χ1v) is 7.67. The number of carbonyl (C=O) groups is 1. The number of anilines is 1. The molecule has 0 spiro atoms. The summed E-state index contributed by atoms with van der Waals surface area (Å²) in [7, 11) is 1.84. The number of urea groups is 1. The average Bonchev–Trinajstić information content (AvgIpc) is 2.81. The average molecular weight is 294 g/mol. The van der Waals surface area contributed by atoms with Gasteiger partial charge >= 0.3 is 6.03 Å². The van der Waals surface area contributed by atoms with Crippen molar-refractivity contribution in [2.45, 2.75) is 27.2 Å². The van der Waals surface area contributed by atoms with Gasteiger partial charge in [0.05, 0.1) is 19.0 Å². The highest BCUT2D eigenvalue weighted by Crippen LogP contribution is 2.30. The molecular weight excluding hydrogens is 272 g/mol. The minimum atomic E-state index is 0.0520. The molecule has 1 saturated heterocycles. The number of aryl methyl sites for hydroxylation is 1. The summed E-state index contributed by atoms with van der Waals surface area (Å²) in [5.41, 5.74) is 2.22. The van der Waals surface area contributed by atoms with Crippen molar-refractivity contribution >= 4 is 22.6 Å². The van der Waals surface area contributed by atoms with E-state index in [4.69, 9.17) is 0 Å². The lowest BCUT2D eigenvalue weighted by atomic mass is 10.2. The van der Waals surface area contributed by atoms with E-state index in [9.17, 15) is 4.79 Å². The van der Waals surface area contributed by atoms with E-state index in [2.05, 4.69) is 29.2 Å². The van der Waals surface area contributed by atoms with Gasteiger partial charge in [0.25, 0.3) is 0 Å². The van der Waals surface area contributed by atoms with E-state index in [1.165, 1.54) is 11.5 Å². The van der Waals surface area contributed by atoms with Crippen LogP contribution in [-0.4, -0.2) is 47.1 Å². The highest BCUT2D eigenvalue weighted by atomic mass is 32.1. The molecule has 0 atom stereocenters. The fourth-order valence-corrected chi connectivity index (χ4v) is 3.28. The van der Waals surface area contributed by atoms with E-state index < -0.39 is 0 Å². The van der Waals surface area contributed by atoms with Gasteiger partial charge in [0.2, 0.25) is 0 Å². The molecule has 0 saturated carbocycles. The van der Waals surface area contributed by atoms with E-state index in [0.29, 0.717) is 13.3 Å². The number of aromatic nitrogens is 1. The van der Waals surface area contributed by atoms with Gasteiger partial charge in [0.15, 0.2) is 0 Å². The summed E-state index contributed by atoms with van der Waals surface area (Å²) in [5.74, 6) is 0. The van der Waals surface area contributed by atoms with Crippen molar-refractivity contribution in [1.29, 1.82) is 0 Å². The molecule has 6 heteroatoms. The molecule has 2 rings (SSSR count). The maximum Gasteiger partial charge on any atom is 0.327 e. The number of hydrogen-bond donors (Lipinski definition) is 0. The van der Waals surface area contributed by atoms with Crippen LogP contribution in [0.25, 0.3) is 0 Å². The van der Waals surface area contributed by atoms with Crippen LogP contribution in [-0.2, 0) is 6.42 Å². The van der Waals surface area contributed by atoms with E-state index in [1.807, 2.05) is 24.9 Å². The van der Waals surface area contributed by atoms with Crippen LogP contribution in [0.2, 0.25) is 0 Å². The Morgan fingerprint density at radius 2 is 2.15 bits per heavy atom. The maximum atomic E-state index is 12.4. The van der Waals surface area contributed by atoms with Crippen LogP contribution in [0, 0.1) is 6.92 Å². The molecule has 0 unspecified atom stereocenters. The van der Waals surface area contributed by atoms with Crippen LogP contribution < -0.4 is 4.90 Å². The van der Waals surface area contributed by atoms with Crippen molar-refractivity contribution in [3.05, 3.63) is 23.4 Å². The predicted molar refractivity (Wildman–Crippen MR) is 83.1 cm³/mol. The Bertz CT molecular complexity index is 511. The minimum absolute atomic E-state index is 0.0520. The van der Waals surface area contributed by atoms with E-state index in [0.717, 1.165) is 29.2 Å². The number of nitrogens with zero attached hydrogens (tertiary/aromatic N) is 4. The molecule has 1 aromatic rings. The summed E-state index contributed by atoms with van der Waals surface area (Å²) >= 11 is 1.42. The van der Waals surface area contributed by atoms with Gasteiger partial charge in [-0.2, -0.15) is 4.37 Å². The highest BCUT2D eigenvalue weighted by molar-refractivity contribution is 7.10. The lowest BCUT2D eigenvalue weighted by Crippen LogP contribution is -2.56. The monoisotopic (exact) mass is 294 g/mol. The van der Waals surface area contributed by atoms with Gasteiger partial charge in [-0.15, -0.1) is 0 Å². The molecule has 1 fully saturated rings. The van der Waals surface area contributed by atoms with E-state index in [1.54, 1.807) is 4.90 Å². The second kappa shape index (κ2) is 6.37.